The first kappa shape index (κ1) is 20.2. The van der Waals surface area contributed by atoms with Crippen LogP contribution in [0.15, 0.2) is 60.7 Å². The molecule has 3 aromatic rings. The Hall–Kier alpha value is -3.10. The van der Waals surface area contributed by atoms with Crippen molar-refractivity contribution in [1.82, 2.24) is 19.9 Å². The second-order valence-corrected chi connectivity index (χ2v) is 7.46. The van der Waals surface area contributed by atoms with Gasteiger partial charge in [0.2, 0.25) is 0 Å². The number of ether oxygens (including phenoxy) is 1. The SMILES string of the molecule is CB(O)N1CCn2nc(-c3ccc(CNC(=O)OCc4ccccc4)cc3)cc2C1. The zero-order valence-corrected chi connectivity index (χ0v) is 17.0. The lowest BCUT2D eigenvalue weighted by Crippen LogP contribution is -2.42. The van der Waals surface area contributed by atoms with Gasteiger partial charge in [0.15, 0.2) is 0 Å². The molecule has 1 amide bonds. The summed E-state index contributed by atoms with van der Waals surface area (Å²) in [5, 5.41) is 17.3. The van der Waals surface area contributed by atoms with Crippen LogP contribution in [0.5, 0.6) is 0 Å². The van der Waals surface area contributed by atoms with Crippen molar-refractivity contribution in [3.8, 4) is 11.3 Å². The fourth-order valence-corrected chi connectivity index (χ4v) is 3.49. The number of nitrogens with one attached hydrogen (secondary N) is 1. The summed E-state index contributed by atoms with van der Waals surface area (Å²) in [5.74, 6) is 0. The Morgan fingerprint density at radius 1 is 1.13 bits per heavy atom. The van der Waals surface area contributed by atoms with Crippen molar-refractivity contribution in [2.45, 2.75) is 33.1 Å². The molecule has 0 saturated carbocycles. The van der Waals surface area contributed by atoms with Crippen LogP contribution < -0.4 is 5.32 Å². The molecule has 0 spiro atoms. The Bertz CT molecular complexity index is 989. The van der Waals surface area contributed by atoms with Gasteiger partial charge in [0.05, 0.1) is 17.9 Å². The van der Waals surface area contributed by atoms with E-state index in [-0.39, 0.29) is 6.61 Å². The lowest BCUT2D eigenvalue weighted by molar-refractivity contribution is 0.139. The van der Waals surface area contributed by atoms with Gasteiger partial charge >= 0.3 is 13.1 Å². The zero-order valence-electron chi connectivity index (χ0n) is 17.0. The number of rotatable bonds is 6. The maximum Gasteiger partial charge on any atom is 0.407 e. The molecule has 0 fully saturated rings. The number of fused-ring (bicyclic) bond motifs is 1. The molecule has 0 aliphatic carbocycles. The maximum absolute atomic E-state index is 11.9. The summed E-state index contributed by atoms with van der Waals surface area (Å²) in [6.07, 6.45) is -0.438. The molecule has 0 saturated heterocycles. The lowest BCUT2D eigenvalue weighted by Gasteiger charge is -2.27. The van der Waals surface area contributed by atoms with Crippen LogP contribution in [-0.2, 0) is 31.0 Å². The smallest absolute Gasteiger partial charge is 0.407 e. The highest BCUT2D eigenvalue weighted by molar-refractivity contribution is 6.45. The molecule has 1 aromatic heterocycles. The van der Waals surface area contributed by atoms with E-state index in [0.717, 1.165) is 41.2 Å². The minimum Gasteiger partial charge on any atom is -0.445 e. The third-order valence-corrected chi connectivity index (χ3v) is 5.26. The van der Waals surface area contributed by atoms with Gasteiger partial charge in [-0.2, -0.15) is 5.10 Å². The highest BCUT2D eigenvalue weighted by Crippen LogP contribution is 2.23. The number of aromatic nitrogens is 2. The topological polar surface area (TPSA) is 79.6 Å². The molecule has 0 bridgehead atoms. The van der Waals surface area contributed by atoms with Crippen LogP contribution in [0, 0.1) is 0 Å². The number of nitrogens with zero attached hydrogens (tertiary/aromatic N) is 3. The van der Waals surface area contributed by atoms with E-state index in [9.17, 15) is 9.82 Å². The van der Waals surface area contributed by atoms with Gasteiger partial charge < -0.3 is 19.9 Å². The maximum atomic E-state index is 11.9. The minimum atomic E-state index is -0.455. The summed E-state index contributed by atoms with van der Waals surface area (Å²) in [6.45, 7) is 4.69. The molecule has 4 rings (SSSR count). The minimum absolute atomic E-state index is 0.253. The summed E-state index contributed by atoms with van der Waals surface area (Å²) in [7, 11) is -0.455. The third kappa shape index (κ3) is 4.90. The molecule has 2 heterocycles. The van der Waals surface area contributed by atoms with E-state index in [2.05, 4.69) is 11.4 Å². The Morgan fingerprint density at radius 2 is 1.90 bits per heavy atom. The summed E-state index contributed by atoms with van der Waals surface area (Å²) < 4.78 is 7.24. The van der Waals surface area contributed by atoms with E-state index in [1.807, 2.05) is 64.1 Å². The summed E-state index contributed by atoms with van der Waals surface area (Å²) >= 11 is 0. The van der Waals surface area contributed by atoms with Gasteiger partial charge in [0, 0.05) is 25.2 Å². The standard InChI is InChI=1S/C22H25BN4O3/c1-23(29)26-11-12-27-20(15-26)13-21(25-27)19-9-7-17(8-10-19)14-24-22(28)30-16-18-5-3-2-4-6-18/h2-10,13,29H,11-12,14-16H2,1H3,(H,24,28). The average Bonchev–Trinajstić information content (AvgIpc) is 3.20. The van der Waals surface area contributed by atoms with Crippen molar-refractivity contribution in [3.63, 3.8) is 0 Å². The Balaban J connectivity index is 1.31. The van der Waals surface area contributed by atoms with Crippen LogP contribution in [0.1, 0.15) is 16.8 Å². The monoisotopic (exact) mass is 404 g/mol. The van der Waals surface area contributed by atoms with Gasteiger partial charge in [-0.05, 0) is 24.0 Å². The van der Waals surface area contributed by atoms with Gasteiger partial charge in [-0.15, -0.1) is 0 Å². The van der Waals surface area contributed by atoms with Crippen LogP contribution in [0.25, 0.3) is 11.3 Å². The predicted octanol–water partition coefficient (Wildman–Crippen LogP) is 2.90. The Morgan fingerprint density at radius 3 is 2.63 bits per heavy atom. The van der Waals surface area contributed by atoms with E-state index in [1.165, 1.54) is 0 Å². The van der Waals surface area contributed by atoms with Gasteiger partial charge in [0.25, 0.3) is 0 Å². The molecule has 0 radical (unpaired) electrons. The first-order chi connectivity index (χ1) is 14.6. The Labute approximate surface area is 176 Å². The van der Waals surface area contributed by atoms with Crippen LogP contribution >= 0.6 is 0 Å². The largest absolute Gasteiger partial charge is 0.445 e. The number of benzene rings is 2. The molecule has 2 aromatic carbocycles. The summed E-state index contributed by atoms with van der Waals surface area (Å²) in [5.41, 5.74) is 4.98. The Kier molecular flexibility index (Phi) is 6.16. The fraction of sp³-hybridized carbons (Fsp3) is 0.273. The average molecular weight is 404 g/mol. The molecule has 2 N–H and O–H groups in total. The van der Waals surface area contributed by atoms with Gasteiger partial charge in [-0.1, -0.05) is 54.6 Å². The van der Waals surface area contributed by atoms with Gasteiger partial charge in [-0.25, -0.2) is 4.79 Å². The van der Waals surface area contributed by atoms with Crippen molar-refractivity contribution in [1.29, 1.82) is 0 Å². The molecule has 0 atom stereocenters. The van der Waals surface area contributed by atoms with Crippen molar-refractivity contribution in [2.24, 2.45) is 0 Å². The third-order valence-electron chi connectivity index (χ3n) is 5.26. The number of carbonyl (C=O) groups is 1. The van der Waals surface area contributed by atoms with E-state index in [0.29, 0.717) is 13.1 Å². The second kappa shape index (κ2) is 9.15. The molecular formula is C22H25BN4O3. The number of hydrogen-bond acceptors (Lipinski definition) is 5. The van der Waals surface area contributed by atoms with Crippen LogP contribution in [0.3, 0.4) is 0 Å². The molecule has 1 aliphatic rings. The molecular weight excluding hydrogens is 379 g/mol. The number of carbonyl (C=O) groups excluding carboxylic acids is 1. The van der Waals surface area contributed by atoms with Crippen molar-refractivity contribution in [3.05, 3.63) is 77.5 Å². The first-order valence-electron chi connectivity index (χ1n) is 10.1. The fourth-order valence-electron chi connectivity index (χ4n) is 3.49. The molecule has 0 unspecified atom stereocenters. The van der Waals surface area contributed by atoms with E-state index >= 15 is 0 Å². The van der Waals surface area contributed by atoms with E-state index < -0.39 is 13.1 Å². The predicted molar refractivity (Wildman–Crippen MR) is 115 cm³/mol. The van der Waals surface area contributed by atoms with Crippen molar-refractivity contribution in [2.75, 3.05) is 6.54 Å². The van der Waals surface area contributed by atoms with E-state index in [1.54, 1.807) is 6.82 Å². The highest BCUT2D eigenvalue weighted by atomic mass is 16.5. The van der Waals surface area contributed by atoms with E-state index in [4.69, 9.17) is 9.84 Å². The van der Waals surface area contributed by atoms with Gasteiger partial charge in [-0.3, -0.25) is 4.68 Å². The molecule has 7 nitrogen and oxygen atoms in total. The molecule has 1 aliphatic heterocycles. The molecule has 154 valence electrons. The van der Waals surface area contributed by atoms with Gasteiger partial charge in [0.1, 0.15) is 6.61 Å². The van der Waals surface area contributed by atoms with Crippen molar-refractivity contribution < 1.29 is 14.6 Å². The number of alkyl carbamates (subject to hydrolysis) is 1. The summed E-state index contributed by atoms with van der Waals surface area (Å²) in [6, 6.07) is 19.6. The van der Waals surface area contributed by atoms with Crippen LogP contribution in [0.2, 0.25) is 6.82 Å². The molecule has 8 heteroatoms. The number of amides is 1. The van der Waals surface area contributed by atoms with Crippen LogP contribution in [0.4, 0.5) is 4.79 Å². The zero-order chi connectivity index (χ0) is 20.9. The lowest BCUT2D eigenvalue weighted by atomic mass is 9.84. The summed E-state index contributed by atoms with van der Waals surface area (Å²) in [4.78, 5) is 13.9. The quantitative estimate of drug-likeness (QED) is 0.618. The first-order valence-corrected chi connectivity index (χ1v) is 10.1. The molecule has 30 heavy (non-hydrogen) atoms. The normalized spacial score (nSPS) is 13.5. The number of hydrogen-bond donors (Lipinski definition) is 2. The van der Waals surface area contributed by atoms with Crippen LogP contribution in [-0.4, -0.2) is 39.3 Å². The van der Waals surface area contributed by atoms with Crippen molar-refractivity contribution >= 4 is 13.1 Å². The highest BCUT2D eigenvalue weighted by Gasteiger charge is 2.23. The second-order valence-electron chi connectivity index (χ2n) is 7.46.